The molecule has 9 nitrogen and oxygen atoms in total. The molecule has 44 heavy (non-hydrogen) atoms. The van der Waals surface area contributed by atoms with Gasteiger partial charge in [0.05, 0.1) is 35.9 Å². The van der Waals surface area contributed by atoms with Crippen molar-refractivity contribution in [1.82, 2.24) is 35.1 Å². The summed E-state index contributed by atoms with van der Waals surface area (Å²) in [5.41, 5.74) is 6.40. The number of nitrogens with zero attached hydrogens (tertiary/aromatic N) is 4. The first kappa shape index (κ1) is 29.8. The van der Waals surface area contributed by atoms with Crippen molar-refractivity contribution < 1.29 is 9.59 Å². The molecule has 2 aromatic carbocycles. The van der Waals surface area contributed by atoms with Crippen LogP contribution in [0.15, 0.2) is 60.9 Å². The Morgan fingerprint density at radius 3 is 1.75 bits per heavy atom. The Hall–Kier alpha value is -4.24. The molecule has 2 fully saturated rings. The van der Waals surface area contributed by atoms with E-state index in [0.29, 0.717) is 18.5 Å². The molecule has 2 amide bonds. The van der Waals surface area contributed by atoms with Crippen molar-refractivity contribution >= 4 is 12.3 Å². The summed E-state index contributed by atoms with van der Waals surface area (Å²) in [5.74, 6) is 1.76. The second-order valence-corrected chi connectivity index (χ2v) is 12.8. The molecule has 0 spiro atoms. The van der Waals surface area contributed by atoms with E-state index in [1.54, 1.807) is 0 Å². The molecular formula is C35H43N7O2. The largest absolute Gasteiger partial charge is 0.347 e. The number of aromatic amines is 2. The Balaban J connectivity index is 1.14. The van der Waals surface area contributed by atoms with Crippen LogP contribution in [0.4, 0.5) is 0 Å². The predicted molar refractivity (Wildman–Crippen MR) is 172 cm³/mol. The number of hydrogen-bond acceptors (Lipinski definition) is 5. The van der Waals surface area contributed by atoms with Crippen LogP contribution >= 0.6 is 0 Å². The van der Waals surface area contributed by atoms with Crippen LogP contribution in [-0.4, -0.2) is 67.2 Å². The topological polar surface area (TPSA) is 110 Å². The lowest BCUT2D eigenvalue weighted by Gasteiger charge is -2.32. The Morgan fingerprint density at radius 1 is 0.795 bits per heavy atom. The molecule has 4 aromatic rings. The first-order valence-corrected chi connectivity index (χ1v) is 15.8. The number of imidazole rings is 2. The monoisotopic (exact) mass is 593 g/mol. The molecule has 9 heteroatoms. The summed E-state index contributed by atoms with van der Waals surface area (Å²) >= 11 is 0. The molecule has 3 N–H and O–H groups in total. The number of amides is 2. The highest BCUT2D eigenvalue weighted by Crippen LogP contribution is 2.37. The predicted octanol–water partition coefficient (Wildman–Crippen LogP) is 6.11. The molecule has 0 bridgehead atoms. The highest BCUT2D eigenvalue weighted by Gasteiger charge is 2.40. The van der Waals surface area contributed by atoms with Gasteiger partial charge < -0.3 is 20.2 Å². The summed E-state index contributed by atoms with van der Waals surface area (Å²) in [6.45, 7) is 8.23. The van der Waals surface area contributed by atoms with Gasteiger partial charge in [0.15, 0.2) is 0 Å². The number of hydrogen-bond donors (Lipinski definition) is 3. The third-order valence-electron chi connectivity index (χ3n) is 9.70. The second kappa shape index (κ2) is 12.4. The van der Waals surface area contributed by atoms with Gasteiger partial charge in [-0.3, -0.25) is 14.5 Å². The zero-order valence-corrected chi connectivity index (χ0v) is 26.2. The van der Waals surface area contributed by atoms with E-state index in [9.17, 15) is 9.59 Å². The molecule has 2 aromatic heterocycles. The minimum Gasteiger partial charge on any atom is -0.347 e. The van der Waals surface area contributed by atoms with Crippen molar-refractivity contribution in [3.8, 4) is 33.6 Å². The third-order valence-corrected chi connectivity index (χ3v) is 9.70. The molecule has 230 valence electrons. The van der Waals surface area contributed by atoms with Crippen LogP contribution in [0.25, 0.3) is 33.6 Å². The second-order valence-electron chi connectivity index (χ2n) is 12.8. The van der Waals surface area contributed by atoms with Gasteiger partial charge in [-0.2, -0.15) is 0 Å². The zero-order valence-electron chi connectivity index (χ0n) is 26.2. The first-order valence-electron chi connectivity index (χ1n) is 15.8. The Bertz CT molecular complexity index is 1590. The van der Waals surface area contributed by atoms with Gasteiger partial charge in [0.1, 0.15) is 17.7 Å². The summed E-state index contributed by atoms with van der Waals surface area (Å²) in [6, 6.07) is 17.4. The quantitative estimate of drug-likeness (QED) is 0.203. The van der Waals surface area contributed by atoms with Crippen molar-refractivity contribution in [3.63, 3.8) is 0 Å². The summed E-state index contributed by atoms with van der Waals surface area (Å²) < 4.78 is 0. The van der Waals surface area contributed by atoms with Crippen molar-refractivity contribution in [3.05, 3.63) is 72.6 Å². The first-order chi connectivity index (χ1) is 21.2. The molecule has 6 rings (SSSR count). The van der Waals surface area contributed by atoms with Crippen LogP contribution in [0.2, 0.25) is 0 Å². The van der Waals surface area contributed by atoms with Gasteiger partial charge in [-0.25, -0.2) is 9.97 Å². The Morgan fingerprint density at radius 2 is 1.27 bits per heavy atom. The molecule has 0 radical (unpaired) electrons. The van der Waals surface area contributed by atoms with Crippen molar-refractivity contribution in [1.29, 1.82) is 0 Å². The van der Waals surface area contributed by atoms with E-state index in [-0.39, 0.29) is 23.9 Å². The fourth-order valence-electron chi connectivity index (χ4n) is 6.84. The van der Waals surface area contributed by atoms with Crippen molar-refractivity contribution in [2.75, 3.05) is 7.05 Å². The lowest BCUT2D eigenvalue weighted by molar-refractivity contribution is -0.138. The summed E-state index contributed by atoms with van der Waals surface area (Å²) in [4.78, 5) is 45.4. The van der Waals surface area contributed by atoms with Crippen LogP contribution in [0.3, 0.4) is 0 Å². The van der Waals surface area contributed by atoms with E-state index < -0.39 is 6.04 Å². The maximum Gasteiger partial charge on any atom is 0.246 e. The van der Waals surface area contributed by atoms with E-state index in [1.807, 2.05) is 31.1 Å². The molecule has 0 saturated carbocycles. The van der Waals surface area contributed by atoms with Crippen LogP contribution in [0, 0.1) is 5.92 Å². The van der Waals surface area contributed by atoms with E-state index in [0.717, 1.165) is 64.6 Å². The minimum atomic E-state index is -0.550. The number of nitrogens with one attached hydrogen (secondary N) is 3. The highest BCUT2D eigenvalue weighted by atomic mass is 16.2. The van der Waals surface area contributed by atoms with Gasteiger partial charge in [0.25, 0.3) is 0 Å². The average molecular weight is 594 g/mol. The Labute approximate surface area is 259 Å². The molecule has 2 saturated heterocycles. The Kier molecular flexibility index (Phi) is 8.40. The smallest absolute Gasteiger partial charge is 0.246 e. The molecule has 0 aliphatic carbocycles. The fourth-order valence-corrected chi connectivity index (χ4v) is 6.84. The lowest BCUT2D eigenvalue weighted by Crippen LogP contribution is -2.50. The maximum absolute atomic E-state index is 13.5. The number of carbonyl (C=O) groups excluding carboxylic acids is 2. The van der Waals surface area contributed by atoms with Gasteiger partial charge in [0, 0.05) is 12.1 Å². The SMILES string of the molecule is CC(C)C(NC=O)C(=O)N1[C@@H](C)CC[C@H]1c1ncc(-c2ccc(-c3ccc(-c4cnc([C@@H]5CC[C@H](C)N5C)[nH]4)cc3)cc2)[nH]1. The number of aromatic nitrogens is 4. The van der Waals surface area contributed by atoms with Gasteiger partial charge >= 0.3 is 0 Å². The summed E-state index contributed by atoms with van der Waals surface area (Å²) in [7, 11) is 2.18. The number of carbonyl (C=O) groups is 2. The zero-order chi connectivity index (χ0) is 31.0. The van der Waals surface area contributed by atoms with Crippen molar-refractivity contribution in [2.24, 2.45) is 5.92 Å². The average Bonchev–Trinajstić information content (AvgIpc) is 3.84. The minimum absolute atomic E-state index is 0.00533. The molecule has 4 heterocycles. The number of likely N-dealkylation sites (tertiary alicyclic amines) is 2. The van der Waals surface area contributed by atoms with Crippen LogP contribution < -0.4 is 5.32 Å². The highest BCUT2D eigenvalue weighted by molar-refractivity contribution is 5.85. The normalized spacial score (nSPS) is 22.9. The van der Waals surface area contributed by atoms with Crippen LogP contribution in [0.1, 0.15) is 77.1 Å². The van der Waals surface area contributed by atoms with E-state index >= 15 is 0 Å². The van der Waals surface area contributed by atoms with Gasteiger partial charge in [-0.15, -0.1) is 0 Å². The van der Waals surface area contributed by atoms with E-state index in [4.69, 9.17) is 9.97 Å². The summed E-state index contributed by atoms with van der Waals surface area (Å²) in [6.07, 6.45) is 8.47. The van der Waals surface area contributed by atoms with E-state index in [1.165, 1.54) is 6.42 Å². The molecule has 1 unspecified atom stereocenters. The van der Waals surface area contributed by atoms with Crippen LogP contribution in [0.5, 0.6) is 0 Å². The summed E-state index contributed by atoms with van der Waals surface area (Å²) in [5, 5.41) is 2.72. The molecule has 2 aliphatic heterocycles. The molecule has 2 aliphatic rings. The molecular weight excluding hydrogens is 550 g/mol. The van der Waals surface area contributed by atoms with Crippen molar-refractivity contribution in [2.45, 2.75) is 83.6 Å². The van der Waals surface area contributed by atoms with Gasteiger partial charge in [-0.1, -0.05) is 62.4 Å². The maximum atomic E-state index is 13.5. The fraction of sp³-hybridized carbons (Fsp3) is 0.429. The number of H-pyrrole nitrogens is 2. The van der Waals surface area contributed by atoms with E-state index in [2.05, 4.69) is 89.6 Å². The lowest BCUT2D eigenvalue weighted by atomic mass is 10.0. The van der Waals surface area contributed by atoms with Gasteiger partial charge in [0.2, 0.25) is 12.3 Å². The van der Waals surface area contributed by atoms with Gasteiger partial charge in [-0.05, 0) is 74.8 Å². The van der Waals surface area contributed by atoms with Crippen LogP contribution in [-0.2, 0) is 9.59 Å². The number of rotatable bonds is 9. The number of benzene rings is 2. The standard InChI is InChI=1S/C35H43N7O2/c1-21(2)32(38-20-43)35(44)42-23(4)7-17-31(42)34-37-19-29(40-34)27-14-10-25(11-15-27)24-8-12-26(13-9-24)28-18-36-33(39-28)30-16-6-22(3)41(30)5/h8-15,18-23,30-32H,6-7,16-17H2,1-5H3,(H,36,39)(H,37,40)(H,38,43)/t22-,23-,30-,31-,32?/m0/s1. The third kappa shape index (κ3) is 5.68. The molecule has 5 atom stereocenters.